The van der Waals surface area contributed by atoms with Crippen LogP contribution in [0.2, 0.25) is 5.15 Å². The smallest absolute Gasteiger partial charge is 0.427 e. The monoisotopic (exact) mass is 553 g/mol. The zero-order chi connectivity index (χ0) is 28.8. The van der Waals surface area contributed by atoms with Crippen molar-refractivity contribution in [1.29, 1.82) is 0 Å². The van der Waals surface area contributed by atoms with Crippen LogP contribution in [-0.4, -0.2) is 61.3 Å². The number of alkyl halides is 1. The summed E-state index contributed by atoms with van der Waals surface area (Å²) in [6, 6.07) is -0.802. The number of hydrogen-bond donors (Lipinski definition) is 0. The maximum absolute atomic E-state index is 15.4. The van der Waals surface area contributed by atoms with Crippen LogP contribution in [0.3, 0.4) is 0 Å². The standard InChI is InChI=1S/C26H37ClFN5O5/c1-14-15(12-36-24(2,3)4)11-16(28)18(14)32-13-29-17-19(27)30-21(31-20(17)32)33(22(34)37-25(5,6)7)23(35)38-26(8,9)10/h13,15-16,18H,1,11-12H2,2-10H3. The van der Waals surface area contributed by atoms with Crippen molar-refractivity contribution in [2.45, 2.75) is 97.8 Å². The van der Waals surface area contributed by atoms with Gasteiger partial charge < -0.3 is 18.8 Å². The third-order valence-electron chi connectivity index (χ3n) is 5.49. The second-order valence-corrected chi connectivity index (χ2v) is 12.7. The molecule has 210 valence electrons. The molecule has 0 spiro atoms. The predicted octanol–water partition coefficient (Wildman–Crippen LogP) is 6.43. The third-order valence-corrected chi connectivity index (χ3v) is 5.76. The number of amides is 2. The lowest BCUT2D eigenvalue weighted by Gasteiger charge is -2.27. The molecule has 2 aromatic heterocycles. The number of nitrogens with zero attached hydrogens (tertiary/aromatic N) is 5. The van der Waals surface area contributed by atoms with Gasteiger partial charge in [-0.15, -0.1) is 4.90 Å². The van der Waals surface area contributed by atoms with Crippen LogP contribution in [0.5, 0.6) is 0 Å². The number of carbonyl (C=O) groups excluding carboxylic acids is 2. The Morgan fingerprint density at radius 1 is 1.05 bits per heavy atom. The van der Waals surface area contributed by atoms with E-state index in [0.29, 0.717) is 17.1 Å². The molecule has 1 aliphatic carbocycles. The molecule has 38 heavy (non-hydrogen) atoms. The summed E-state index contributed by atoms with van der Waals surface area (Å²) in [6.07, 6.45) is -1.79. The predicted molar refractivity (Wildman–Crippen MR) is 142 cm³/mol. The Balaban J connectivity index is 2.06. The van der Waals surface area contributed by atoms with Crippen LogP contribution < -0.4 is 4.90 Å². The van der Waals surface area contributed by atoms with Gasteiger partial charge >= 0.3 is 12.2 Å². The van der Waals surface area contributed by atoms with Gasteiger partial charge in [-0.05, 0) is 74.3 Å². The maximum Gasteiger partial charge on any atom is 0.427 e. The Hall–Kier alpha value is -2.79. The van der Waals surface area contributed by atoms with Gasteiger partial charge in [0.05, 0.1) is 24.6 Å². The van der Waals surface area contributed by atoms with Gasteiger partial charge in [0.1, 0.15) is 22.9 Å². The number of imide groups is 1. The highest BCUT2D eigenvalue weighted by Gasteiger charge is 2.41. The molecule has 2 aromatic rings. The van der Waals surface area contributed by atoms with Crippen molar-refractivity contribution in [2.24, 2.45) is 5.92 Å². The van der Waals surface area contributed by atoms with Crippen molar-refractivity contribution in [3.8, 4) is 0 Å². The summed E-state index contributed by atoms with van der Waals surface area (Å²) in [4.78, 5) is 39.5. The number of fused-ring (bicyclic) bond motifs is 1. The Kier molecular flexibility index (Phi) is 8.15. The second-order valence-electron chi connectivity index (χ2n) is 12.3. The minimum absolute atomic E-state index is 0.128. The van der Waals surface area contributed by atoms with Crippen molar-refractivity contribution >= 4 is 40.9 Å². The van der Waals surface area contributed by atoms with Crippen LogP contribution >= 0.6 is 11.6 Å². The van der Waals surface area contributed by atoms with E-state index in [1.165, 1.54) is 10.9 Å². The fourth-order valence-electron chi connectivity index (χ4n) is 3.93. The lowest BCUT2D eigenvalue weighted by atomic mass is 10.0. The number of imidazole rings is 1. The molecule has 0 aliphatic heterocycles. The lowest BCUT2D eigenvalue weighted by Crippen LogP contribution is -2.44. The van der Waals surface area contributed by atoms with E-state index in [1.807, 2.05) is 20.8 Å². The number of anilines is 1. The van der Waals surface area contributed by atoms with Crippen LogP contribution in [-0.2, 0) is 14.2 Å². The summed E-state index contributed by atoms with van der Waals surface area (Å²) in [5.74, 6) is -0.608. The van der Waals surface area contributed by atoms with E-state index in [0.717, 1.165) is 0 Å². The van der Waals surface area contributed by atoms with Gasteiger partial charge in [0.2, 0.25) is 5.95 Å². The highest BCUT2D eigenvalue weighted by Crippen LogP contribution is 2.43. The number of rotatable bonds is 4. The molecule has 3 rings (SSSR count). The van der Waals surface area contributed by atoms with Crippen LogP contribution in [0.1, 0.15) is 74.8 Å². The normalized spacial score (nSPS) is 20.6. The molecule has 0 radical (unpaired) electrons. The molecule has 10 nitrogen and oxygen atoms in total. The molecule has 0 N–H and O–H groups in total. The van der Waals surface area contributed by atoms with Crippen LogP contribution in [0, 0.1) is 5.92 Å². The van der Waals surface area contributed by atoms with Gasteiger partial charge in [-0.25, -0.2) is 19.0 Å². The van der Waals surface area contributed by atoms with Crippen molar-refractivity contribution in [1.82, 2.24) is 19.5 Å². The molecule has 2 heterocycles. The first-order valence-corrected chi connectivity index (χ1v) is 12.8. The summed E-state index contributed by atoms with van der Waals surface area (Å²) >= 11 is 6.41. The number of carbonyl (C=O) groups is 2. The number of hydrogen-bond acceptors (Lipinski definition) is 8. The zero-order valence-corrected chi connectivity index (χ0v) is 24.2. The highest BCUT2D eigenvalue weighted by molar-refractivity contribution is 6.33. The number of halogens is 2. The minimum Gasteiger partial charge on any atom is -0.443 e. The van der Waals surface area contributed by atoms with E-state index in [1.54, 1.807) is 41.5 Å². The molecule has 3 unspecified atom stereocenters. The molecule has 12 heteroatoms. The van der Waals surface area contributed by atoms with Gasteiger partial charge in [-0.1, -0.05) is 18.2 Å². The molecule has 3 atom stereocenters. The molecule has 0 saturated heterocycles. The van der Waals surface area contributed by atoms with Gasteiger partial charge in [-0.3, -0.25) is 0 Å². The van der Waals surface area contributed by atoms with Crippen molar-refractivity contribution in [2.75, 3.05) is 11.5 Å². The molecule has 1 aliphatic rings. The van der Waals surface area contributed by atoms with Gasteiger partial charge in [0, 0.05) is 5.92 Å². The summed E-state index contributed by atoms with van der Waals surface area (Å²) < 4.78 is 33.6. The Labute approximate surface area is 227 Å². The fraction of sp³-hybridized carbons (Fsp3) is 0.654. The first-order valence-electron chi connectivity index (χ1n) is 12.4. The molecule has 0 bridgehead atoms. The van der Waals surface area contributed by atoms with E-state index in [-0.39, 0.29) is 40.2 Å². The topological polar surface area (TPSA) is 109 Å². The fourth-order valence-corrected chi connectivity index (χ4v) is 4.14. The molecular formula is C26H37ClFN5O5. The molecule has 1 fully saturated rings. The first kappa shape index (κ1) is 29.8. The molecular weight excluding hydrogens is 517 g/mol. The van der Waals surface area contributed by atoms with E-state index in [2.05, 4.69) is 21.5 Å². The van der Waals surface area contributed by atoms with Gasteiger partial charge in [0.25, 0.3) is 0 Å². The Morgan fingerprint density at radius 2 is 1.61 bits per heavy atom. The summed E-state index contributed by atoms with van der Waals surface area (Å²) in [6.45, 7) is 20.2. The average molecular weight is 554 g/mol. The quantitative estimate of drug-likeness (QED) is 0.315. The maximum atomic E-state index is 15.4. The highest BCUT2D eigenvalue weighted by atomic mass is 35.5. The molecule has 1 saturated carbocycles. The first-order chi connectivity index (χ1) is 17.3. The van der Waals surface area contributed by atoms with Crippen molar-refractivity contribution in [3.05, 3.63) is 23.6 Å². The number of ether oxygens (including phenoxy) is 3. The van der Waals surface area contributed by atoms with E-state index < -0.39 is 35.6 Å². The Bertz CT molecular complexity index is 1200. The Morgan fingerprint density at radius 3 is 2.11 bits per heavy atom. The van der Waals surface area contributed by atoms with Crippen LogP contribution in [0.4, 0.5) is 19.9 Å². The van der Waals surface area contributed by atoms with E-state index in [4.69, 9.17) is 25.8 Å². The molecule has 2 amide bonds. The van der Waals surface area contributed by atoms with E-state index in [9.17, 15) is 9.59 Å². The second kappa shape index (κ2) is 10.4. The largest absolute Gasteiger partial charge is 0.443 e. The van der Waals surface area contributed by atoms with Gasteiger partial charge in [-0.2, -0.15) is 9.97 Å². The summed E-state index contributed by atoms with van der Waals surface area (Å²) in [7, 11) is 0. The summed E-state index contributed by atoms with van der Waals surface area (Å²) in [5, 5.41) is -0.132. The van der Waals surface area contributed by atoms with Crippen LogP contribution in [0.25, 0.3) is 11.2 Å². The molecule has 0 aromatic carbocycles. The van der Waals surface area contributed by atoms with E-state index >= 15 is 4.39 Å². The third kappa shape index (κ3) is 6.99. The van der Waals surface area contributed by atoms with Crippen LogP contribution in [0.15, 0.2) is 18.5 Å². The average Bonchev–Trinajstić information content (AvgIpc) is 3.23. The van der Waals surface area contributed by atoms with Gasteiger partial charge in [0.15, 0.2) is 10.8 Å². The van der Waals surface area contributed by atoms with Crippen molar-refractivity contribution < 1.29 is 28.2 Å². The van der Waals surface area contributed by atoms with Crippen molar-refractivity contribution in [3.63, 3.8) is 0 Å². The SMILES string of the molecule is C=C1C(COC(C)(C)C)CC(F)C1n1cnc2c(Cl)nc(N(C(=O)OC(C)(C)C)C(=O)OC(C)(C)C)nc21. The lowest BCUT2D eigenvalue weighted by molar-refractivity contribution is -0.0170. The minimum atomic E-state index is -1.29. The summed E-state index contributed by atoms with van der Waals surface area (Å²) in [5.41, 5.74) is -1.32. The number of aromatic nitrogens is 4. The zero-order valence-electron chi connectivity index (χ0n) is 23.5.